The lowest BCUT2D eigenvalue weighted by molar-refractivity contribution is -0.159. The number of carbonyl (C=O) groups is 1. The molecule has 2 aromatic carbocycles. The molecule has 0 unspecified atom stereocenters. The molecule has 1 fully saturated rings. The normalized spacial score (nSPS) is 21.3. The van der Waals surface area contributed by atoms with Gasteiger partial charge in [-0.15, -0.1) is 0 Å². The first-order valence-corrected chi connectivity index (χ1v) is 12.9. The Kier molecular flexibility index (Phi) is 7.58. The number of rotatable bonds is 6. The molecule has 1 saturated carbocycles. The van der Waals surface area contributed by atoms with Crippen LogP contribution in [-0.4, -0.2) is 35.7 Å². The predicted octanol–water partition coefficient (Wildman–Crippen LogP) is 7.35. The van der Waals surface area contributed by atoms with Crippen molar-refractivity contribution in [2.75, 3.05) is 19.0 Å². The van der Waals surface area contributed by atoms with Crippen LogP contribution in [0.2, 0.25) is 0 Å². The molecule has 0 bridgehead atoms. The van der Waals surface area contributed by atoms with Gasteiger partial charge < -0.3 is 14.2 Å². The first-order chi connectivity index (χ1) is 17.4. The second-order valence-corrected chi connectivity index (χ2v) is 10.9. The summed E-state index contributed by atoms with van der Waals surface area (Å²) in [6.45, 7) is 8.22. The van der Waals surface area contributed by atoms with Crippen molar-refractivity contribution < 1.29 is 22.7 Å². The number of imidazole rings is 1. The van der Waals surface area contributed by atoms with E-state index in [-0.39, 0.29) is 11.8 Å². The summed E-state index contributed by atoms with van der Waals surface area (Å²) >= 11 is 0. The van der Waals surface area contributed by atoms with Crippen LogP contribution < -0.4 is 4.90 Å². The van der Waals surface area contributed by atoms with E-state index in [9.17, 15) is 18.0 Å². The first kappa shape index (κ1) is 27.0. The van der Waals surface area contributed by atoms with Crippen molar-refractivity contribution in [1.29, 1.82) is 0 Å². The van der Waals surface area contributed by atoms with E-state index in [0.29, 0.717) is 40.2 Å². The monoisotopic (exact) mass is 515 g/mol. The van der Waals surface area contributed by atoms with Crippen molar-refractivity contribution in [2.24, 2.45) is 17.8 Å². The van der Waals surface area contributed by atoms with Crippen LogP contribution in [0.1, 0.15) is 58.6 Å². The second kappa shape index (κ2) is 10.4. The third kappa shape index (κ3) is 5.48. The molecule has 4 atom stereocenters. The molecule has 0 radical (unpaired) electrons. The molecular weight excluding hydrogens is 479 g/mol. The van der Waals surface area contributed by atoms with Crippen LogP contribution in [0.3, 0.4) is 0 Å². The zero-order valence-corrected chi connectivity index (χ0v) is 22.3. The van der Waals surface area contributed by atoms with Gasteiger partial charge in [-0.1, -0.05) is 39.3 Å². The Morgan fingerprint density at radius 2 is 1.81 bits per heavy atom. The van der Waals surface area contributed by atoms with Gasteiger partial charge in [-0.05, 0) is 67.9 Å². The van der Waals surface area contributed by atoms with Crippen molar-refractivity contribution in [3.63, 3.8) is 0 Å². The minimum Gasteiger partial charge on any atom is -0.461 e. The van der Waals surface area contributed by atoms with E-state index in [1.165, 1.54) is 11.0 Å². The average molecular weight is 516 g/mol. The molecule has 0 saturated heterocycles. The highest BCUT2D eigenvalue weighted by atomic mass is 19.4. The molecule has 1 aliphatic rings. The van der Waals surface area contributed by atoms with Crippen LogP contribution in [0.5, 0.6) is 0 Å². The van der Waals surface area contributed by atoms with Crippen LogP contribution in [0.4, 0.5) is 18.9 Å². The summed E-state index contributed by atoms with van der Waals surface area (Å²) in [5, 5.41) is 0. The first-order valence-electron chi connectivity index (χ1n) is 12.9. The second-order valence-electron chi connectivity index (χ2n) is 10.9. The molecule has 0 amide bonds. The number of hydrogen-bond donors (Lipinski definition) is 0. The Labute approximate surface area is 216 Å². The molecule has 1 heterocycles. The van der Waals surface area contributed by atoms with Crippen LogP contribution in [0.25, 0.3) is 22.4 Å². The number of esters is 1. The Morgan fingerprint density at radius 1 is 1.11 bits per heavy atom. The molecule has 1 aliphatic carbocycles. The van der Waals surface area contributed by atoms with Crippen LogP contribution in [-0.2, 0) is 15.7 Å². The Morgan fingerprint density at radius 3 is 2.46 bits per heavy atom. The van der Waals surface area contributed by atoms with E-state index in [1.807, 2.05) is 18.2 Å². The van der Waals surface area contributed by atoms with Gasteiger partial charge in [-0.2, -0.15) is 13.2 Å². The van der Waals surface area contributed by atoms with Gasteiger partial charge in [0.15, 0.2) is 0 Å². The lowest BCUT2D eigenvalue weighted by Gasteiger charge is -2.37. The molecule has 1 aromatic heterocycles. The Hall–Kier alpha value is -3.03. The molecule has 8 heteroatoms. The number of aromatic nitrogens is 2. The van der Waals surface area contributed by atoms with Crippen molar-refractivity contribution >= 4 is 22.7 Å². The number of anilines is 1. The summed E-state index contributed by atoms with van der Waals surface area (Å²) in [6, 6.07) is 10.7. The Balaban J connectivity index is 1.76. The molecule has 37 heavy (non-hydrogen) atoms. The fourth-order valence-electron chi connectivity index (χ4n) is 5.54. The van der Waals surface area contributed by atoms with E-state index in [0.717, 1.165) is 25.3 Å². The minimum atomic E-state index is -4.54. The molecule has 3 aromatic rings. The quantitative estimate of drug-likeness (QED) is 0.322. The number of alkyl halides is 3. The molecule has 200 valence electrons. The maximum Gasteiger partial charge on any atom is 0.418 e. The molecule has 0 spiro atoms. The fourth-order valence-corrected chi connectivity index (χ4v) is 5.54. The van der Waals surface area contributed by atoms with Gasteiger partial charge in [0, 0.05) is 25.3 Å². The van der Waals surface area contributed by atoms with E-state index in [1.54, 1.807) is 37.7 Å². The van der Waals surface area contributed by atoms with E-state index in [4.69, 9.17) is 4.74 Å². The average Bonchev–Trinajstić information content (AvgIpc) is 3.22. The standard InChI is InChI=1S/C29H36F3N3O2/c1-17(2)21-13-11-18(3)15-26(21)37-28(36)19(4)35-25-10-8-7-9-23(25)33-27(35)20-12-14-24(34(5)6)22(16-20)29(30,31)32/h7-10,12,14,16-19,21,26H,11,13,15H2,1-6H3/t18-,19-,21+,26-/m1/s1. The summed E-state index contributed by atoms with van der Waals surface area (Å²) in [7, 11) is 3.15. The van der Waals surface area contributed by atoms with Gasteiger partial charge in [0.25, 0.3) is 0 Å². The van der Waals surface area contributed by atoms with Crippen molar-refractivity contribution in [3.05, 3.63) is 48.0 Å². The highest BCUT2D eigenvalue weighted by Gasteiger charge is 2.37. The number of carbonyl (C=O) groups excluding carboxylic acids is 1. The molecule has 0 aliphatic heterocycles. The summed E-state index contributed by atoms with van der Waals surface area (Å²) in [5.41, 5.74) is 0.885. The van der Waals surface area contributed by atoms with Gasteiger partial charge in [-0.25, -0.2) is 9.78 Å². The molecule has 5 nitrogen and oxygen atoms in total. The SMILES string of the molecule is CC(C)[C@@H]1CC[C@@H](C)C[C@H]1OC(=O)[C@@H](C)n1c(-c2ccc(N(C)C)c(C(F)(F)F)c2)nc2ccccc21. The molecule has 0 N–H and O–H groups in total. The number of fused-ring (bicyclic) bond motifs is 1. The minimum absolute atomic E-state index is 0.0671. The third-order valence-corrected chi connectivity index (χ3v) is 7.60. The van der Waals surface area contributed by atoms with Gasteiger partial charge in [0.2, 0.25) is 0 Å². The lowest BCUT2D eigenvalue weighted by atomic mass is 9.75. The third-order valence-electron chi connectivity index (χ3n) is 7.60. The maximum atomic E-state index is 14.0. The number of halogens is 3. The number of nitrogens with zero attached hydrogens (tertiary/aromatic N) is 3. The highest BCUT2D eigenvalue weighted by molar-refractivity contribution is 5.85. The fraction of sp³-hybridized carbons (Fsp3) is 0.517. The van der Waals surface area contributed by atoms with Gasteiger partial charge >= 0.3 is 12.1 Å². The number of para-hydroxylation sites is 2. The van der Waals surface area contributed by atoms with Crippen molar-refractivity contribution in [2.45, 2.75) is 65.3 Å². The molecular formula is C29H36F3N3O2. The smallest absolute Gasteiger partial charge is 0.418 e. The van der Waals surface area contributed by atoms with E-state index >= 15 is 0 Å². The lowest BCUT2D eigenvalue weighted by Crippen LogP contribution is -2.37. The predicted molar refractivity (Wildman–Crippen MR) is 140 cm³/mol. The Bertz CT molecular complexity index is 1270. The van der Waals surface area contributed by atoms with Gasteiger partial charge in [0.05, 0.1) is 16.6 Å². The van der Waals surface area contributed by atoms with E-state index < -0.39 is 23.8 Å². The van der Waals surface area contributed by atoms with E-state index in [2.05, 4.69) is 25.8 Å². The number of ether oxygens (including phenoxy) is 1. The maximum absolute atomic E-state index is 14.0. The highest BCUT2D eigenvalue weighted by Crippen LogP contribution is 2.40. The summed E-state index contributed by atoms with van der Waals surface area (Å²) < 4.78 is 49.7. The van der Waals surface area contributed by atoms with Crippen LogP contribution in [0, 0.1) is 17.8 Å². The van der Waals surface area contributed by atoms with Gasteiger partial charge in [0.1, 0.15) is 18.0 Å². The van der Waals surface area contributed by atoms with Crippen molar-refractivity contribution in [3.8, 4) is 11.4 Å². The summed E-state index contributed by atoms with van der Waals surface area (Å²) in [6.07, 6.45) is -1.76. The van der Waals surface area contributed by atoms with Gasteiger partial charge in [-0.3, -0.25) is 0 Å². The zero-order valence-electron chi connectivity index (χ0n) is 22.3. The van der Waals surface area contributed by atoms with Crippen LogP contribution in [0.15, 0.2) is 42.5 Å². The topological polar surface area (TPSA) is 47.4 Å². The number of benzene rings is 2. The molecule has 4 rings (SSSR count). The van der Waals surface area contributed by atoms with Crippen molar-refractivity contribution in [1.82, 2.24) is 9.55 Å². The van der Waals surface area contributed by atoms with Crippen LogP contribution >= 0.6 is 0 Å². The number of hydrogen-bond acceptors (Lipinski definition) is 4. The largest absolute Gasteiger partial charge is 0.461 e. The zero-order chi connectivity index (χ0) is 27.1. The summed E-state index contributed by atoms with van der Waals surface area (Å²) in [4.78, 5) is 19.6. The summed E-state index contributed by atoms with van der Waals surface area (Å²) in [5.74, 6) is 1.07.